The Morgan fingerprint density at radius 2 is 1.86 bits per heavy atom. The minimum absolute atomic E-state index is 0.0142. The zero-order chi connectivity index (χ0) is 30.2. The predicted octanol–water partition coefficient (Wildman–Crippen LogP) is 6.41. The van der Waals surface area contributed by atoms with Crippen molar-refractivity contribution in [1.29, 1.82) is 5.26 Å². The van der Waals surface area contributed by atoms with Gasteiger partial charge in [0.25, 0.3) is 0 Å². The maximum atomic E-state index is 15.8. The van der Waals surface area contributed by atoms with Gasteiger partial charge in [0.1, 0.15) is 17.0 Å². The van der Waals surface area contributed by atoms with Crippen LogP contribution in [0.3, 0.4) is 0 Å². The minimum atomic E-state index is -1.71. The highest BCUT2D eigenvalue weighted by Crippen LogP contribution is 2.52. The molecule has 0 radical (unpaired) electrons. The number of nitriles is 1. The van der Waals surface area contributed by atoms with Gasteiger partial charge < -0.3 is 10.6 Å². The Kier molecular flexibility index (Phi) is 8.03. The topological polar surface area (TPSA) is 119 Å². The second-order valence-electron chi connectivity index (χ2n) is 11.5. The van der Waals surface area contributed by atoms with E-state index in [1.165, 1.54) is 24.3 Å². The number of carbonyl (C=O) groups excluding carboxylic acids is 1. The molecule has 0 bridgehead atoms. The number of nitrogens with one attached hydrogen (secondary N) is 3. The minimum Gasteiger partial charge on any atom is -0.325 e. The van der Waals surface area contributed by atoms with E-state index in [1.807, 2.05) is 20.8 Å². The Balaban J connectivity index is 1.64. The lowest BCUT2D eigenvalue weighted by Gasteiger charge is -2.37. The number of tetrazole rings is 1. The standard InChI is InChI=1S/C30H27Cl2F2N7O/c1-29(2,3)14-23-30(15-35,20-12-9-17(31)13-22(20)33)24(19-5-4-6-21(32)25(19)34)26(37-23)28(42)36-18-10-7-16(8-11-18)27-38-40-41-39-27/h4-13,23-24,26,37H,14H2,1-3H3,(H,36,42)(H,38,39,40,41)/t23-,24-,26?,30-/m1/s1. The molecule has 0 saturated carbocycles. The Morgan fingerprint density at radius 1 is 1.12 bits per heavy atom. The Morgan fingerprint density at radius 3 is 2.48 bits per heavy atom. The predicted molar refractivity (Wildman–Crippen MR) is 156 cm³/mol. The molecule has 4 atom stereocenters. The number of aromatic amines is 1. The molecule has 1 unspecified atom stereocenters. The van der Waals surface area contributed by atoms with Gasteiger partial charge in [-0.05, 0) is 65.1 Å². The molecule has 3 aromatic carbocycles. The molecule has 1 aliphatic rings. The summed E-state index contributed by atoms with van der Waals surface area (Å²) in [6.45, 7) is 5.92. The van der Waals surface area contributed by atoms with Gasteiger partial charge in [-0.3, -0.25) is 4.79 Å². The van der Waals surface area contributed by atoms with Crippen LogP contribution in [0.5, 0.6) is 0 Å². The molecule has 3 N–H and O–H groups in total. The van der Waals surface area contributed by atoms with E-state index < -0.39 is 41.0 Å². The summed E-state index contributed by atoms with van der Waals surface area (Å²) in [6, 6.07) is 15.6. The summed E-state index contributed by atoms with van der Waals surface area (Å²) in [5, 5.41) is 30.9. The van der Waals surface area contributed by atoms with E-state index in [2.05, 4.69) is 37.3 Å². The average molecular weight is 610 g/mol. The number of nitrogens with zero attached hydrogens (tertiary/aromatic N) is 4. The van der Waals surface area contributed by atoms with Gasteiger partial charge >= 0.3 is 0 Å². The van der Waals surface area contributed by atoms with Gasteiger partial charge in [-0.25, -0.2) is 8.78 Å². The van der Waals surface area contributed by atoms with E-state index in [9.17, 15) is 10.1 Å². The fraction of sp³-hybridized carbons (Fsp3) is 0.300. The first-order chi connectivity index (χ1) is 19.9. The van der Waals surface area contributed by atoms with Crippen LogP contribution in [-0.4, -0.2) is 38.6 Å². The molecule has 8 nitrogen and oxygen atoms in total. The molecule has 2 heterocycles. The lowest BCUT2D eigenvalue weighted by Crippen LogP contribution is -2.45. The molecule has 1 saturated heterocycles. The summed E-state index contributed by atoms with van der Waals surface area (Å²) in [6.07, 6.45) is 0.366. The van der Waals surface area contributed by atoms with Crippen LogP contribution >= 0.6 is 23.2 Å². The SMILES string of the molecule is CC(C)(C)C[C@H]1NC(C(=O)Nc2ccc(-c3nn[nH]n3)cc2)[C@@H](c2cccc(Cl)c2F)[C@]1(C#N)c1ccc(Cl)cc1F. The summed E-state index contributed by atoms with van der Waals surface area (Å²) in [7, 11) is 0. The molecule has 1 amide bonds. The van der Waals surface area contributed by atoms with Crippen molar-refractivity contribution in [2.75, 3.05) is 5.32 Å². The molecule has 1 aromatic heterocycles. The fourth-order valence-electron chi connectivity index (χ4n) is 5.76. The van der Waals surface area contributed by atoms with Gasteiger partial charge in [0.05, 0.1) is 17.1 Å². The van der Waals surface area contributed by atoms with Crippen LogP contribution in [0.25, 0.3) is 11.4 Å². The average Bonchev–Trinajstić information content (AvgIpc) is 3.57. The van der Waals surface area contributed by atoms with Crippen LogP contribution < -0.4 is 10.6 Å². The number of benzene rings is 3. The van der Waals surface area contributed by atoms with E-state index in [-0.39, 0.29) is 26.6 Å². The van der Waals surface area contributed by atoms with Crippen molar-refractivity contribution in [3.63, 3.8) is 0 Å². The van der Waals surface area contributed by atoms with E-state index in [4.69, 9.17) is 23.2 Å². The Hall–Kier alpha value is -3.91. The first-order valence-electron chi connectivity index (χ1n) is 13.2. The van der Waals surface area contributed by atoms with Crippen LogP contribution in [0.15, 0.2) is 60.7 Å². The molecule has 42 heavy (non-hydrogen) atoms. The molecule has 0 aliphatic carbocycles. The quantitative estimate of drug-likeness (QED) is 0.232. The van der Waals surface area contributed by atoms with Crippen molar-refractivity contribution in [1.82, 2.24) is 25.9 Å². The third-order valence-corrected chi connectivity index (χ3v) is 8.01. The second-order valence-corrected chi connectivity index (χ2v) is 12.3. The summed E-state index contributed by atoms with van der Waals surface area (Å²) in [5.41, 5.74) is -0.908. The largest absolute Gasteiger partial charge is 0.325 e. The van der Waals surface area contributed by atoms with Crippen molar-refractivity contribution in [3.8, 4) is 17.5 Å². The molecule has 0 spiro atoms. The number of anilines is 1. The zero-order valence-electron chi connectivity index (χ0n) is 22.9. The molecular weight excluding hydrogens is 583 g/mol. The maximum Gasteiger partial charge on any atom is 0.242 e. The van der Waals surface area contributed by atoms with Crippen LogP contribution in [-0.2, 0) is 10.2 Å². The number of halogens is 4. The lowest BCUT2D eigenvalue weighted by molar-refractivity contribution is -0.118. The van der Waals surface area contributed by atoms with Crippen molar-refractivity contribution in [2.24, 2.45) is 5.41 Å². The van der Waals surface area contributed by atoms with Gasteiger partial charge in [-0.1, -0.05) is 62.2 Å². The van der Waals surface area contributed by atoms with Gasteiger partial charge in [-0.2, -0.15) is 10.5 Å². The molecule has 5 rings (SSSR count). The molecule has 1 aliphatic heterocycles. The number of hydrogen-bond acceptors (Lipinski definition) is 6. The van der Waals surface area contributed by atoms with Gasteiger partial charge in [0, 0.05) is 33.8 Å². The molecular formula is C30H27Cl2F2N7O. The van der Waals surface area contributed by atoms with Crippen molar-refractivity contribution >= 4 is 34.8 Å². The van der Waals surface area contributed by atoms with E-state index >= 15 is 8.78 Å². The number of rotatable bonds is 6. The van der Waals surface area contributed by atoms with Crippen molar-refractivity contribution < 1.29 is 13.6 Å². The number of amides is 1. The smallest absolute Gasteiger partial charge is 0.242 e. The molecule has 1 fully saturated rings. The van der Waals surface area contributed by atoms with Gasteiger partial charge in [0.2, 0.25) is 11.7 Å². The number of carbonyl (C=O) groups is 1. The monoisotopic (exact) mass is 609 g/mol. The summed E-state index contributed by atoms with van der Waals surface area (Å²) in [5.74, 6) is -2.82. The third kappa shape index (κ3) is 5.48. The van der Waals surface area contributed by atoms with E-state index in [0.717, 1.165) is 6.07 Å². The zero-order valence-corrected chi connectivity index (χ0v) is 24.4. The molecule has 4 aromatic rings. The van der Waals surface area contributed by atoms with Gasteiger partial charge in [-0.15, -0.1) is 10.2 Å². The summed E-state index contributed by atoms with van der Waals surface area (Å²) in [4.78, 5) is 14.0. The highest BCUT2D eigenvalue weighted by atomic mass is 35.5. The normalized spacial score (nSPS) is 22.1. The Labute approximate surface area is 251 Å². The number of hydrogen-bond donors (Lipinski definition) is 3. The van der Waals surface area contributed by atoms with Crippen molar-refractivity contribution in [2.45, 2.75) is 50.6 Å². The molecule has 216 valence electrons. The highest BCUT2D eigenvalue weighted by molar-refractivity contribution is 6.31. The van der Waals surface area contributed by atoms with E-state index in [1.54, 1.807) is 30.3 Å². The van der Waals surface area contributed by atoms with E-state index in [0.29, 0.717) is 23.5 Å². The second kappa shape index (κ2) is 11.4. The fourth-order valence-corrected chi connectivity index (χ4v) is 6.10. The number of aromatic nitrogens is 4. The summed E-state index contributed by atoms with van der Waals surface area (Å²) >= 11 is 12.3. The van der Waals surface area contributed by atoms with Gasteiger partial charge in [0.15, 0.2) is 0 Å². The third-order valence-electron chi connectivity index (χ3n) is 7.49. The number of H-pyrrole nitrogens is 1. The maximum absolute atomic E-state index is 15.8. The first-order valence-corrected chi connectivity index (χ1v) is 13.9. The van der Waals surface area contributed by atoms with Crippen LogP contribution in [0.4, 0.5) is 14.5 Å². The van der Waals surface area contributed by atoms with Crippen LogP contribution in [0.2, 0.25) is 10.0 Å². The lowest BCUT2D eigenvalue weighted by atomic mass is 9.62. The van der Waals surface area contributed by atoms with Crippen LogP contribution in [0.1, 0.15) is 44.2 Å². The Bertz CT molecular complexity index is 1650. The van der Waals surface area contributed by atoms with Crippen LogP contribution in [0, 0.1) is 28.4 Å². The summed E-state index contributed by atoms with van der Waals surface area (Å²) < 4.78 is 31.5. The van der Waals surface area contributed by atoms with Crippen molar-refractivity contribution in [3.05, 3.63) is 93.5 Å². The first kappa shape index (κ1) is 29.6. The highest BCUT2D eigenvalue weighted by Gasteiger charge is 2.61. The molecule has 12 heteroatoms.